The van der Waals surface area contributed by atoms with Gasteiger partial charge < -0.3 is 44.0 Å². The van der Waals surface area contributed by atoms with Crippen LogP contribution in [0.15, 0.2) is 53.3 Å². The zero-order chi connectivity index (χ0) is 46.9. The molecule has 66 heavy (non-hydrogen) atoms. The summed E-state index contributed by atoms with van der Waals surface area (Å²) in [5.41, 5.74) is 7.09. The standard InChI is InChI=1S/C49H63N7O10/c1-30-27-31(2)52-46(59)38(30)28-51-32(3)44-34(5)55(40-12-7-6-9-36(40)44)33(4)35-15-18-54(19-16-35)43(58)29-66-26-25-65-24-23-64-22-21-63-20-17-50-39-11-8-10-37-45(39)49(62)56(48(37)61)41-13-14-42(57)53-47(41)60/h6-12,27,32-33,35,41,50-51H,13-26,28-29H2,1-5H3,(H,52,59)(H,53,57,60). The fraction of sp³-hybridized carbons (Fsp3) is 0.510. The molecule has 2 fully saturated rings. The van der Waals surface area contributed by atoms with Crippen molar-refractivity contribution in [3.63, 3.8) is 0 Å². The first-order chi connectivity index (χ1) is 31.8. The zero-order valence-corrected chi connectivity index (χ0v) is 38.7. The van der Waals surface area contributed by atoms with E-state index in [-0.39, 0.29) is 54.1 Å². The van der Waals surface area contributed by atoms with Gasteiger partial charge in [-0.25, -0.2) is 0 Å². The Labute approximate surface area is 384 Å². The van der Waals surface area contributed by atoms with E-state index in [1.807, 2.05) is 24.8 Å². The van der Waals surface area contributed by atoms with Crippen LogP contribution in [0, 0.1) is 26.7 Å². The number of rotatable bonds is 22. The fourth-order valence-corrected chi connectivity index (χ4v) is 9.62. The van der Waals surface area contributed by atoms with Gasteiger partial charge in [-0.1, -0.05) is 24.3 Å². The van der Waals surface area contributed by atoms with Crippen molar-refractivity contribution >= 4 is 46.1 Å². The molecule has 0 saturated carbocycles. The van der Waals surface area contributed by atoms with Crippen molar-refractivity contribution < 1.29 is 42.9 Å². The van der Waals surface area contributed by atoms with Gasteiger partial charge in [-0.3, -0.25) is 39.0 Å². The number of fused-ring (bicyclic) bond motifs is 2. The Balaban J connectivity index is 0.740. The molecule has 5 amide bonds. The summed E-state index contributed by atoms with van der Waals surface area (Å²) in [4.78, 5) is 81.7. The van der Waals surface area contributed by atoms with Crippen LogP contribution in [0.3, 0.4) is 0 Å². The van der Waals surface area contributed by atoms with Gasteiger partial charge >= 0.3 is 0 Å². The van der Waals surface area contributed by atoms with Gasteiger partial charge in [0.15, 0.2) is 0 Å². The van der Waals surface area contributed by atoms with Gasteiger partial charge in [0.25, 0.3) is 17.4 Å². The van der Waals surface area contributed by atoms with E-state index in [1.165, 1.54) is 22.2 Å². The Morgan fingerprint density at radius 3 is 2.20 bits per heavy atom. The van der Waals surface area contributed by atoms with Crippen molar-refractivity contribution in [1.82, 2.24) is 30.0 Å². The number of piperidine rings is 2. The number of benzene rings is 2. The van der Waals surface area contributed by atoms with Crippen LogP contribution in [-0.2, 0) is 39.9 Å². The van der Waals surface area contributed by atoms with Crippen molar-refractivity contribution in [2.45, 2.75) is 85.0 Å². The number of aromatic nitrogens is 2. The molecule has 4 N–H and O–H groups in total. The highest BCUT2D eigenvalue weighted by atomic mass is 16.6. The fourth-order valence-electron chi connectivity index (χ4n) is 9.62. The molecule has 5 heterocycles. The Kier molecular flexibility index (Phi) is 16.2. The van der Waals surface area contributed by atoms with Crippen LogP contribution in [-0.4, -0.2) is 127 Å². The van der Waals surface area contributed by atoms with Crippen molar-refractivity contribution in [3.8, 4) is 0 Å². The molecule has 17 heteroatoms. The number of H-pyrrole nitrogens is 1. The summed E-state index contributed by atoms with van der Waals surface area (Å²) in [6.45, 7) is 15.2. The van der Waals surface area contributed by atoms with Crippen LogP contribution >= 0.6 is 0 Å². The van der Waals surface area contributed by atoms with Crippen LogP contribution in [0.5, 0.6) is 0 Å². The smallest absolute Gasteiger partial charge is 0.264 e. The van der Waals surface area contributed by atoms with E-state index in [0.717, 1.165) is 34.6 Å². The quantitative estimate of drug-likeness (QED) is 0.0637. The third-order valence-electron chi connectivity index (χ3n) is 13.1. The minimum Gasteiger partial charge on any atom is -0.382 e. The summed E-state index contributed by atoms with van der Waals surface area (Å²) in [7, 11) is 0. The molecule has 4 aromatic rings. The van der Waals surface area contributed by atoms with Gasteiger partial charge in [0.2, 0.25) is 17.7 Å². The number of nitrogens with one attached hydrogen (secondary N) is 4. The molecule has 2 aromatic heterocycles. The highest BCUT2D eigenvalue weighted by Gasteiger charge is 2.45. The van der Waals surface area contributed by atoms with E-state index in [0.29, 0.717) is 84.0 Å². The summed E-state index contributed by atoms with van der Waals surface area (Å²) in [5.74, 6) is -1.81. The number of hydrogen-bond donors (Lipinski definition) is 4. The lowest BCUT2D eigenvalue weighted by atomic mass is 9.90. The lowest BCUT2D eigenvalue weighted by Crippen LogP contribution is -2.54. The van der Waals surface area contributed by atoms with Gasteiger partial charge in [0.1, 0.15) is 12.6 Å². The van der Waals surface area contributed by atoms with Crippen LogP contribution in [0.4, 0.5) is 5.69 Å². The first-order valence-electron chi connectivity index (χ1n) is 23.0. The molecular weight excluding hydrogens is 847 g/mol. The summed E-state index contributed by atoms with van der Waals surface area (Å²) in [5, 5.41) is 10.2. The molecule has 2 aromatic carbocycles. The number of aryl methyl sites for hydroxylation is 2. The number of amides is 5. The van der Waals surface area contributed by atoms with Crippen molar-refractivity contribution in [1.29, 1.82) is 0 Å². The highest BCUT2D eigenvalue weighted by molar-refractivity contribution is 6.25. The lowest BCUT2D eigenvalue weighted by Gasteiger charge is -2.36. The molecule has 0 spiro atoms. The third kappa shape index (κ3) is 10.9. The predicted molar refractivity (Wildman–Crippen MR) is 247 cm³/mol. The highest BCUT2D eigenvalue weighted by Crippen LogP contribution is 2.38. The summed E-state index contributed by atoms with van der Waals surface area (Å²) in [6.07, 6.45) is 1.95. The number of ether oxygens (including phenoxy) is 4. The Bertz CT molecular complexity index is 2470. The molecule has 0 aliphatic carbocycles. The van der Waals surface area contributed by atoms with Crippen LogP contribution in [0.25, 0.3) is 10.9 Å². The van der Waals surface area contributed by atoms with E-state index >= 15 is 0 Å². The second-order valence-electron chi connectivity index (χ2n) is 17.4. The topological polar surface area (TPSA) is 203 Å². The van der Waals surface area contributed by atoms with E-state index in [2.05, 4.69) is 70.5 Å². The molecule has 7 rings (SSSR count). The first-order valence-corrected chi connectivity index (χ1v) is 23.0. The molecule has 0 bridgehead atoms. The Hall–Kier alpha value is -5.72. The number of imide groups is 2. The maximum absolute atomic E-state index is 13.2. The zero-order valence-electron chi connectivity index (χ0n) is 38.7. The number of nitrogens with zero attached hydrogens (tertiary/aromatic N) is 3. The number of likely N-dealkylation sites (tertiary alicyclic amines) is 1. The van der Waals surface area contributed by atoms with E-state index in [9.17, 15) is 28.8 Å². The predicted octanol–water partition coefficient (Wildman–Crippen LogP) is 4.48. The third-order valence-corrected chi connectivity index (χ3v) is 13.1. The molecule has 0 radical (unpaired) electrons. The molecule has 3 aliphatic heterocycles. The molecule has 3 unspecified atom stereocenters. The number of anilines is 1. The molecule has 2 saturated heterocycles. The largest absolute Gasteiger partial charge is 0.382 e. The maximum Gasteiger partial charge on any atom is 0.264 e. The summed E-state index contributed by atoms with van der Waals surface area (Å²) >= 11 is 0. The average molecular weight is 910 g/mol. The van der Waals surface area contributed by atoms with Crippen LogP contribution < -0.4 is 21.5 Å². The average Bonchev–Trinajstić information content (AvgIpc) is 3.74. The van der Waals surface area contributed by atoms with Gasteiger partial charge in [-0.05, 0) is 95.2 Å². The second-order valence-corrected chi connectivity index (χ2v) is 17.4. The van der Waals surface area contributed by atoms with E-state index < -0.39 is 29.7 Å². The van der Waals surface area contributed by atoms with Gasteiger partial charge in [0.05, 0.1) is 57.4 Å². The maximum atomic E-state index is 13.2. The van der Waals surface area contributed by atoms with Crippen molar-refractivity contribution in [3.05, 3.63) is 98.1 Å². The lowest BCUT2D eigenvalue weighted by molar-refractivity contribution is -0.138. The minimum absolute atomic E-state index is 0.0117. The summed E-state index contributed by atoms with van der Waals surface area (Å²) < 4.78 is 25.0. The molecule has 354 valence electrons. The van der Waals surface area contributed by atoms with Gasteiger partial charge in [-0.15, -0.1) is 0 Å². The number of pyridine rings is 1. The Morgan fingerprint density at radius 1 is 0.818 bits per heavy atom. The van der Waals surface area contributed by atoms with Crippen molar-refractivity contribution in [2.24, 2.45) is 5.92 Å². The molecule has 3 atom stereocenters. The van der Waals surface area contributed by atoms with Gasteiger partial charge in [0, 0.05) is 78.2 Å². The Morgan fingerprint density at radius 2 is 1.50 bits per heavy atom. The van der Waals surface area contributed by atoms with Crippen molar-refractivity contribution in [2.75, 3.05) is 77.8 Å². The number of para-hydroxylation sites is 1. The number of carbonyl (C=O) groups excluding carboxylic acids is 5. The SMILES string of the molecule is Cc1cc(C)c(CNC(C)c2c(C)n(C(C)C3CCN(C(=O)COCCOCCOCCOCCNc4cccc5c4C(=O)N(C4CCC(=O)NC4=O)C5=O)CC3)c3ccccc23)c(=O)[nH]1. The van der Waals surface area contributed by atoms with Crippen LogP contribution in [0.1, 0.15) is 100 Å². The molecule has 3 aliphatic rings. The van der Waals surface area contributed by atoms with Crippen LogP contribution in [0.2, 0.25) is 0 Å². The number of aromatic amines is 1. The molecular formula is C49H63N7O10. The number of hydrogen-bond acceptors (Lipinski definition) is 12. The van der Waals surface area contributed by atoms with E-state index in [1.54, 1.807) is 18.2 Å². The second kappa shape index (κ2) is 22.2. The summed E-state index contributed by atoms with van der Waals surface area (Å²) in [6, 6.07) is 14.7. The van der Waals surface area contributed by atoms with E-state index in [4.69, 9.17) is 18.9 Å². The first kappa shape index (κ1) is 48.2. The van der Waals surface area contributed by atoms with Gasteiger partial charge in [-0.2, -0.15) is 0 Å². The minimum atomic E-state index is -1.02. The normalized spacial score (nSPS) is 17.7. The monoisotopic (exact) mass is 909 g/mol. The number of carbonyl (C=O) groups is 5. The molecule has 17 nitrogen and oxygen atoms in total.